The lowest BCUT2D eigenvalue weighted by Crippen LogP contribution is -2.11. The third-order valence-electron chi connectivity index (χ3n) is 4.00. The van der Waals surface area contributed by atoms with Gasteiger partial charge >= 0.3 is 0 Å². The van der Waals surface area contributed by atoms with Gasteiger partial charge < -0.3 is 0 Å². The van der Waals surface area contributed by atoms with Crippen LogP contribution in [0.1, 0.15) is 80.1 Å². The minimum atomic E-state index is 0.878. The summed E-state index contributed by atoms with van der Waals surface area (Å²) < 4.78 is 0. The van der Waals surface area contributed by atoms with E-state index in [0.717, 1.165) is 17.8 Å². The summed E-state index contributed by atoms with van der Waals surface area (Å²) in [4.78, 5) is 0. The summed E-state index contributed by atoms with van der Waals surface area (Å²) in [6, 6.07) is 0. The Balaban J connectivity index is 4.15. The maximum Gasteiger partial charge on any atom is -0.0233 e. The molecule has 0 heteroatoms. The molecule has 0 aromatic heterocycles. The largest absolute Gasteiger partial charge is 0.0651 e. The van der Waals surface area contributed by atoms with Crippen molar-refractivity contribution in [2.24, 2.45) is 17.8 Å². The monoisotopic (exact) mass is 225 g/mol. The van der Waals surface area contributed by atoms with Gasteiger partial charge in [-0.3, -0.25) is 0 Å². The van der Waals surface area contributed by atoms with Gasteiger partial charge in [-0.05, 0) is 42.9 Å². The molecular formula is C16H33. The van der Waals surface area contributed by atoms with E-state index in [1.54, 1.807) is 0 Å². The summed E-state index contributed by atoms with van der Waals surface area (Å²) in [6.45, 7) is 14.1. The third-order valence-corrected chi connectivity index (χ3v) is 4.00. The predicted octanol–water partition coefficient (Wildman–Crippen LogP) is 5.87. The average Bonchev–Trinajstić information content (AvgIpc) is 2.28. The smallest absolute Gasteiger partial charge is 0.0233 e. The molecule has 0 heterocycles. The Kier molecular flexibility index (Phi) is 9.07. The molecule has 3 atom stereocenters. The zero-order valence-corrected chi connectivity index (χ0v) is 12.5. The van der Waals surface area contributed by atoms with Crippen LogP contribution < -0.4 is 0 Å². The molecule has 0 bridgehead atoms. The molecule has 0 saturated heterocycles. The van der Waals surface area contributed by atoms with Gasteiger partial charge in [0, 0.05) is 0 Å². The van der Waals surface area contributed by atoms with E-state index < -0.39 is 0 Å². The number of hydrogen-bond acceptors (Lipinski definition) is 0. The van der Waals surface area contributed by atoms with Crippen molar-refractivity contribution >= 4 is 0 Å². The highest BCUT2D eigenvalue weighted by molar-refractivity contribution is 4.93. The lowest BCUT2D eigenvalue weighted by Gasteiger charge is -2.25. The van der Waals surface area contributed by atoms with E-state index in [1.807, 2.05) is 5.92 Å². The van der Waals surface area contributed by atoms with Crippen molar-refractivity contribution in [3.63, 3.8) is 0 Å². The molecule has 3 unspecified atom stereocenters. The minimum Gasteiger partial charge on any atom is -0.0651 e. The van der Waals surface area contributed by atoms with E-state index >= 15 is 0 Å². The summed E-state index contributed by atoms with van der Waals surface area (Å²) >= 11 is 0. The summed E-state index contributed by atoms with van der Waals surface area (Å²) in [5, 5.41) is 0. The Morgan fingerprint density at radius 3 is 1.06 bits per heavy atom. The van der Waals surface area contributed by atoms with E-state index in [1.165, 1.54) is 38.5 Å². The average molecular weight is 225 g/mol. The highest BCUT2D eigenvalue weighted by Crippen LogP contribution is 2.31. The molecule has 0 amide bonds. The van der Waals surface area contributed by atoms with E-state index in [2.05, 4.69) is 41.5 Å². The number of hydrogen-bond donors (Lipinski definition) is 0. The van der Waals surface area contributed by atoms with Crippen molar-refractivity contribution in [3.05, 3.63) is 5.92 Å². The standard InChI is InChI=1S/C16H33/c1-7-13(4)10-16(11-14(5)8-2)12-15(6)9-3/h13-15H,7-12H2,1-6H3. The fourth-order valence-corrected chi connectivity index (χ4v) is 2.16. The first kappa shape index (κ1) is 16.0. The van der Waals surface area contributed by atoms with Gasteiger partial charge in [-0.2, -0.15) is 0 Å². The van der Waals surface area contributed by atoms with Gasteiger partial charge in [0.05, 0.1) is 0 Å². The van der Waals surface area contributed by atoms with Crippen LogP contribution in [-0.2, 0) is 0 Å². The van der Waals surface area contributed by atoms with Gasteiger partial charge in [-0.1, -0.05) is 60.8 Å². The zero-order chi connectivity index (χ0) is 12.6. The van der Waals surface area contributed by atoms with Crippen LogP contribution in [0, 0.1) is 23.7 Å². The summed E-state index contributed by atoms with van der Waals surface area (Å²) in [5.74, 6) is 4.47. The molecule has 0 aliphatic carbocycles. The second kappa shape index (κ2) is 9.07. The van der Waals surface area contributed by atoms with Crippen LogP contribution in [0.25, 0.3) is 0 Å². The Hall–Kier alpha value is 0. The highest BCUT2D eigenvalue weighted by Gasteiger charge is 2.17. The van der Waals surface area contributed by atoms with Crippen LogP contribution in [0.2, 0.25) is 0 Å². The van der Waals surface area contributed by atoms with Gasteiger partial charge in [-0.15, -0.1) is 0 Å². The molecule has 0 aromatic rings. The molecule has 97 valence electrons. The quantitative estimate of drug-likeness (QED) is 0.460. The Morgan fingerprint density at radius 1 is 0.625 bits per heavy atom. The van der Waals surface area contributed by atoms with E-state index in [0.29, 0.717) is 0 Å². The molecule has 0 N–H and O–H groups in total. The maximum atomic E-state index is 2.40. The molecule has 1 radical (unpaired) electrons. The van der Waals surface area contributed by atoms with Crippen molar-refractivity contribution in [1.29, 1.82) is 0 Å². The van der Waals surface area contributed by atoms with Crippen LogP contribution in [0.5, 0.6) is 0 Å². The molecule has 0 aliphatic heterocycles. The fraction of sp³-hybridized carbons (Fsp3) is 0.938. The van der Waals surface area contributed by atoms with Gasteiger partial charge in [0.2, 0.25) is 0 Å². The van der Waals surface area contributed by atoms with Gasteiger partial charge in [0.15, 0.2) is 0 Å². The summed E-state index contributed by atoms with van der Waals surface area (Å²) in [5.41, 5.74) is 0. The SMILES string of the molecule is CCC(C)C[C](CC(C)CC)CC(C)CC. The molecule has 0 spiro atoms. The molecule has 0 saturated carbocycles. The van der Waals surface area contributed by atoms with E-state index in [-0.39, 0.29) is 0 Å². The minimum absolute atomic E-state index is 0.878. The molecular weight excluding hydrogens is 192 g/mol. The maximum absolute atomic E-state index is 2.40. The Morgan fingerprint density at radius 2 is 0.875 bits per heavy atom. The van der Waals surface area contributed by atoms with Gasteiger partial charge in [0.1, 0.15) is 0 Å². The molecule has 0 aliphatic rings. The van der Waals surface area contributed by atoms with Crippen LogP contribution >= 0.6 is 0 Å². The molecule has 16 heavy (non-hydrogen) atoms. The topological polar surface area (TPSA) is 0 Å². The lowest BCUT2D eigenvalue weighted by atomic mass is 9.81. The summed E-state index contributed by atoms with van der Waals surface area (Å²) in [6.07, 6.45) is 8.07. The van der Waals surface area contributed by atoms with Crippen molar-refractivity contribution in [1.82, 2.24) is 0 Å². The van der Waals surface area contributed by atoms with Crippen molar-refractivity contribution < 1.29 is 0 Å². The normalized spacial score (nSPS) is 17.4. The summed E-state index contributed by atoms with van der Waals surface area (Å²) in [7, 11) is 0. The number of rotatable bonds is 9. The molecule has 0 fully saturated rings. The molecule has 0 nitrogen and oxygen atoms in total. The van der Waals surface area contributed by atoms with Gasteiger partial charge in [-0.25, -0.2) is 0 Å². The van der Waals surface area contributed by atoms with Crippen LogP contribution in [-0.4, -0.2) is 0 Å². The first-order chi connectivity index (χ1) is 7.53. The van der Waals surface area contributed by atoms with Crippen LogP contribution in [0.4, 0.5) is 0 Å². The van der Waals surface area contributed by atoms with Crippen LogP contribution in [0.3, 0.4) is 0 Å². The van der Waals surface area contributed by atoms with E-state index in [9.17, 15) is 0 Å². The van der Waals surface area contributed by atoms with Gasteiger partial charge in [0.25, 0.3) is 0 Å². The van der Waals surface area contributed by atoms with Crippen molar-refractivity contribution in [3.8, 4) is 0 Å². The van der Waals surface area contributed by atoms with Crippen molar-refractivity contribution in [2.45, 2.75) is 80.1 Å². The molecule has 0 aromatic carbocycles. The second-order valence-corrected chi connectivity index (χ2v) is 5.90. The first-order valence-corrected chi connectivity index (χ1v) is 7.36. The van der Waals surface area contributed by atoms with E-state index in [4.69, 9.17) is 0 Å². The first-order valence-electron chi connectivity index (χ1n) is 7.36. The third kappa shape index (κ3) is 7.30. The fourth-order valence-electron chi connectivity index (χ4n) is 2.16. The Bertz CT molecular complexity index is 122. The lowest BCUT2D eigenvalue weighted by molar-refractivity contribution is 0.397. The van der Waals surface area contributed by atoms with Crippen molar-refractivity contribution in [2.75, 3.05) is 0 Å². The molecule has 0 rings (SSSR count). The highest BCUT2D eigenvalue weighted by atomic mass is 14.2. The van der Waals surface area contributed by atoms with Crippen LogP contribution in [0.15, 0.2) is 0 Å². The Labute approximate surface area is 104 Å². The second-order valence-electron chi connectivity index (χ2n) is 5.90. The predicted molar refractivity (Wildman–Crippen MR) is 75.5 cm³/mol. The zero-order valence-electron chi connectivity index (χ0n) is 12.5.